The Morgan fingerprint density at radius 3 is 2.41 bits per heavy atom. The molecule has 0 fully saturated rings. The van der Waals surface area contributed by atoms with E-state index in [0.29, 0.717) is 30.4 Å². The number of aromatic nitrogens is 2. The summed E-state index contributed by atoms with van der Waals surface area (Å²) in [7, 11) is 0. The van der Waals surface area contributed by atoms with Gasteiger partial charge in [-0.25, -0.2) is 9.97 Å². The van der Waals surface area contributed by atoms with Crippen molar-refractivity contribution in [2.75, 3.05) is 23.4 Å². The summed E-state index contributed by atoms with van der Waals surface area (Å²) in [5.41, 5.74) is 2.21. The molecule has 0 aliphatic carbocycles. The van der Waals surface area contributed by atoms with Crippen molar-refractivity contribution in [1.29, 1.82) is 0 Å². The summed E-state index contributed by atoms with van der Waals surface area (Å²) in [5.74, 6) is 1.80. The van der Waals surface area contributed by atoms with E-state index in [-0.39, 0.29) is 5.91 Å². The van der Waals surface area contributed by atoms with Crippen LogP contribution in [0.15, 0.2) is 60.7 Å². The summed E-state index contributed by atoms with van der Waals surface area (Å²) < 4.78 is 5.43. The summed E-state index contributed by atoms with van der Waals surface area (Å²) >= 11 is 0. The minimum atomic E-state index is -0.267. The number of benzene rings is 2. The van der Waals surface area contributed by atoms with Crippen LogP contribution in [-0.2, 0) is 6.54 Å². The maximum absolute atomic E-state index is 12.7. The number of hydrogen-bond donors (Lipinski definition) is 1. The first-order valence-electron chi connectivity index (χ1n) is 9.77. The molecule has 1 N–H and O–H groups in total. The Morgan fingerprint density at radius 1 is 1.03 bits per heavy atom. The zero-order valence-electron chi connectivity index (χ0n) is 17.1. The lowest BCUT2D eigenvalue weighted by Gasteiger charge is -2.22. The van der Waals surface area contributed by atoms with E-state index in [0.717, 1.165) is 18.1 Å². The van der Waals surface area contributed by atoms with E-state index in [1.165, 1.54) is 5.56 Å². The van der Waals surface area contributed by atoms with Gasteiger partial charge in [0, 0.05) is 24.8 Å². The molecule has 0 saturated carbocycles. The summed E-state index contributed by atoms with van der Waals surface area (Å²) in [6.45, 7) is 7.89. The third-order valence-electron chi connectivity index (χ3n) is 4.40. The van der Waals surface area contributed by atoms with Crippen LogP contribution >= 0.6 is 0 Å². The molecule has 0 unspecified atom stereocenters. The number of aryl methyl sites for hydroxylation is 1. The van der Waals surface area contributed by atoms with Crippen LogP contribution in [0.3, 0.4) is 0 Å². The molecule has 0 saturated heterocycles. The summed E-state index contributed by atoms with van der Waals surface area (Å²) in [6.07, 6.45) is 0. The number of carbonyl (C=O) groups is 1. The van der Waals surface area contributed by atoms with Crippen LogP contribution < -0.4 is 15.0 Å². The van der Waals surface area contributed by atoms with E-state index in [9.17, 15) is 4.79 Å². The number of ether oxygens (including phenoxy) is 1. The van der Waals surface area contributed by atoms with Gasteiger partial charge in [0.15, 0.2) is 0 Å². The van der Waals surface area contributed by atoms with Crippen LogP contribution in [0, 0.1) is 6.92 Å². The van der Waals surface area contributed by atoms with E-state index in [1.807, 2.05) is 49.4 Å². The lowest BCUT2D eigenvalue weighted by molar-refractivity contribution is 0.102. The number of rotatable bonds is 8. The molecule has 0 aliphatic heterocycles. The highest BCUT2D eigenvalue weighted by Gasteiger charge is 2.14. The van der Waals surface area contributed by atoms with E-state index in [1.54, 1.807) is 13.0 Å². The first kappa shape index (κ1) is 20.3. The van der Waals surface area contributed by atoms with Crippen LogP contribution in [0.4, 0.5) is 11.5 Å². The minimum Gasteiger partial charge on any atom is -0.494 e. The van der Waals surface area contributed by atoms with Crippen LogP contribution in [0.1, 0.15) is 35.7 Å². The second-order valence-electron chi connectivity index (χ2n) is 6.57. The second-order valence-corrected chi connectivity index (χ2v) is 6.57. The zero-order valence-corrected chi connectivity index (χ0v) is 17.1. The molecular weight excluding hydrogens is 364 g/mol. The molecule has 0 bridgehead atoms. The van der Waals surface area contributed by atoms with E-state index < -0.39 is 0 Å². The zero-order chi connectivity index (χ0) is 20.6. The van der Waals surface area contributed by atoms with Gasteiger partial charge in [-0.15, -0.1) is 0 Å². The van der Waals surface area contributed by atoms with E-state index in [2.05, 4.69) is 39.2 Å². The molecule has 0 aliphatic rings. The molecule has 0 spiro atoms. The number of anilines is 2. The Kier molecular flexibility index (Phi) is 6.79. The molecule has 6 nitrogen and oxygen atoms in total. The summed E-state index contributed by atoms with van der Waals surface area (Å²) in [5, 5.41) is 2.89. The van der Waals surface area contributed by atoms with Crippen molar-refractivity contribution in [2.45, 2.75) is 27.3 Å². The standard InChI is InChI=1S/C23H26N4O2/c1-4-27(16-18-9-7-6-8-10-18)22-15-21(24-17(3)25-22)23(28)26-19-11-13-20(14-12-19)29-5-2/h6-15H,4-5,16H2,1-3H3,(H,26,28). The number of nitrogens with zero attached hydrogens (tertiary/aromatic N) is 3. The van der Waals surface area contributed by atoms with Gasteiger partial charge in [-0.1, -0.05) is 30.3 Å². The fraction of sp³-hybridized carbons (Fsp3) is 0.261. The van der Waals surface area contributed by atoms with E-state index in [4.69, 9.17) is 4.74 Å². The number of carbonyl (C=O) groups excluding carboxylic acids is 1. The van der Waals surface area contributed by atoms with Crippen molar-refractivity contribution in [2.24, 2.45) is 0 Å². The van der Waals surface area contributed by atoms with Gasteiger partial charge in [0.1, 0.15) is 23.1 Å². The number of hydrogen-bond acceptors (Lipinski definition) is 5. The minimum absolute atomic E-state index is 0.267. The third kappa shape index (κ3) is 5.54. The van der Waals surface area contributed by atoms with Crippen LogP contribution in [-0.4, -0.2) is 29.0 Å². The van der Waals surface area contributed by atoms with Crippen molar-refractivity contribution >= 4 is 17.4 Å². The quantitative estimate of drug-likeness (QED) is 0.615. The highest BCUT2D eigenvalue weighted by atomic mass is 16.5. The average Bonchev–Trinajstić information content (AvgIpc) is 2.74. The van der Waals surface area contributed by atoms with E-state index >= 15 is 0 Å². The topological polar surface area (TPSA) is 67.3 Å². The molecule has 3 aromatic rings. The van der Waals surface area contributed by atoms with Crippen LogP contribution in [0.25, 0.3) is 0 Å². The van der Waals surface area contributed by atoms with Gasteiger partial charge in [0.05, 0.1) is 6.61 Å². The smallest absolute Gasteiger partial charge is 0.274 e. The highest BCUT2D eigenvalue weighted by molar-refractivity contribution is 6.03. The van der Waals surface area contributed by atoms with Gasteiger partial charge in [0.2, 0.25) is 0 Å². The molecule has 2 aromatic carbocycles. The predicted octanol–water partition coefficient (Wildman–Crippen LogP) is 4.46. The van der Waals surface area contributed by atoms with Gasteiger partial charge in [-0.2, -0.15) is 0 Å². The Morgan fingerprint density at radius 2 is 1.76 bits per heavy atom. The van der Waals surface area contributed by atoms with Gasteiger partial charge in [-0.3, -0.25) is 4.79 Å². The molecule has 1 heterocycles. The Bertz CT molecular complexity index is 943. The largest absolute Gasteiger partial charge is 0.494 e. The van der Waals surface area contributed by atoms with Crippen LogP contribution in [0.5, 0.6) is 5.75 Å². The molecular formula is C23H26N4O2. The highest BCUT2D eigenvalue weighted by Crippen LogP contribution is 2.19. The fourth-order valence-electron chi connectivity index (χ4n) is 2.99. The Balaban J connectivity index is 1.77. The normalized spacial score (nSPS) is 10.4. The Labute approximate surface area is 171 Å². The van der Waals surface area contributed by atoms with Crippen molar-refractivity contribution < 1.29 is 9.53 Å². The predicted molar refractivity (Wildman–Crippen MR) is 115 cm³/mol. The SMILES string of the molecule is CCOc1ccc(NC(=O)c2cc(N(CC)Cc3ccccc3)nc(C)n2)cc1. The molecule has 3 rings (SSSR count). The van der Waals surface area contributed by atoms with Crippen molar-refractivity contribution in [3.05, 3.63) is 77.7 Å². The Hall–Kier alpha value is -3.41. The van der Waals surface area contributed by atoms with Crippen LogP contribution in [0.2, 0.25) is 0 Å². The van der Waals surface area contributed by atoms with Gasteiger partial charge in [-0.05, 0) is 50.6 Å². The molecule has 0 radical (unpaired) electrons. The maximum Gasteiger partial charge on any atom is 0.274 e. The van der Waals surface area contributed by atoms with Crippen molar-refractivity contribution in [3.63, 3.8) is 0 Å². The first-order chi connectivity index (χ1) is 14.1. The summed E-state index contributed by atoms with van der Waals surface area (Å²) in [4.78, 5) is 23.7. The van der Waals surface area contributed by atoms with Crippen molar-refractivity contribution in [3.8, 4) is 5.75 Å². The van der Waals surface area contributed by atoms with Crippen molar-refractivity contribution in [1.82, 2.24) is 9.97 Å². The van der Waals surface area contributed by atoms with Gasteiger partial charge in [0.25, 0.3) is 5.91 Å². The molecule has 150 valence electrons. The third-order valence-corrected chi connectivity index (χ3v) is 4.40. The lowest BCUT2D eigenvalue weighted by Crippen LogP contribution is -2.25. The second kappa shape index (κ2) is 9.68. The first-order valence-corrected chi connectivity index (χ1v) is 9.77. The average molecular weight is 390 g/mol. The molecule has 29 heavy (non-hydrogen) atoms. The molecule has 1 aromatic heterocycles. The fourth-order valence-corrected chi connectivity index (χ4v) is 2.99. The van der Waals surface area contributed by atoms with Gasteiger partial charge < -0.3 is 15.0 Å². The molecule has 6 heteroatoms. The number of nitrogens with one attached hydrogen (secondary N) is 1. The maximum atomic E-state index is 12.7. The van der Waals surface area contributed by atoms with Gasteiger partial charge >= 0.3 is 0 Å². The lowest BCUT2D eigenvalue weighted by atomic mass is 10.2. The molecule has 1 amide bonds. The molecule has 0 atom stereocenters. The monoisotopic (exact) mass is 390 g/mol. The summed E-state index contributed by atoms with van der Waals surface area (Å²) in [6, 6.07) is 19.2. The number of amides is 1.